The molecule has 0 atom stereocenters. The zero-order valence-corrected chi connectivity index (χ0v) is 10.1. The third-order valence-electron chi connectivity index (χ3n) is 3.38. The minimum atomic E-state index is -0.728. The van der Waals surface area contributed by atoms with E-state index in [9.17, 15) is 4.79 Å². The first kappa shape index (κ1) is 11.3. The molecular weight excluding hydrogens is 228 g/mol. The van der Waals surface area contributed by atoms with Gasteiger partial charge in [0, 0.05) is 12.3 Å². The zero-order valence-electron chi connectivity index (χ0n) is 10.1. The van der Waals surface area contributed by atoms with E-state index < -0.39 is 5.97 Å². The Hall–Kier alpha value is -1.84. The molecule has 0 amide bonds. The van der Waals surface area contributed by atoms with Gasteiger partial charge in [-0.15, -0.1) is 0 Å². The van der Waals surface area contributed by atoms with Gasteiger partial charge in [-0.1, -0.05) is 6.07 Å². The maximum atomic E-state index is 10.5. The van der Waals surface area contributed by atoms with Gasteiger partial charge in [0.15, 0.2) is 0 Å². The molecule has 0 unspecified atom stereocenters. The number of aliphatic carboxylic acids is 1. The van der Waals surface area contributed by atoms with Crippen molar-refractivity contribution in [1.82, 2.24) is 9.97 Å². The predicted octanol–water partition coefficient (Wildman–Crippen LogP) is 2.85. The van der Waals surface area contributed by atoms with Crippen molar-refractivity contribution >= 4 is 17.0 Å². The number of imidazole rings is 1. The van der Waals surface area contributed by atoms with Crippen LogP contribution in [-0.2, 0) is 11.2 Å². The smallest absolute Gasteiger partial charge is 0.303 e. The van der Waals surface area contributed by atoms with E-state index in [0.29, 0.717) is 12.3 Å². The first-order chi connectivity index (χ1) is 8.72. The van der Waals surface area contributed by atoms with E-state index >= 15 is 0 Å². The number of fused-ring (bicyclic) bond motifs is 1. The highest BCUT2D eigenvalue weighted by atomic mass is 16.4. The highest BCUT2D eigenvalue weighted by Crippen LogP contribution is 2.39. The number of aromatic nitrogens is 2. The average molecular weight is 244 g/mol. The Morgan fingerprint density at radius 1 is 1.44 bits per heavy atom. The standard InChI is InChI=1S/C14H16N2O2/c17-13(18)3-1-2-9-4-7-11-12(8-9)16-14(15-11)10-5-6-10/h4,7-8,10H,1-3,5-6H2,(H,15,16)(H,17,18). The number of carboxylic acid groups (broad SMARTS) is 1. The topological polar surface area (TPSA) is 66.0 Å². The first-order valence-electron chi connectivity index (χ1n) is 6.43. The van der Waals surface area contributed by atoms with Gasteiger partial charge in [0.25, 0.3) is 0 Å². The summed E-state index contributed by atoms with van der Waals surface area (Å²) in [5, 5.41) is 8.62. The molecule has 94 valence electrons. The fourth-order valence-electron chi connectivity index (χ4n) is 2.23. The summed E-state index contributed by atoms with van der Waals surface area (Å²) >= 11 is 0. The van der Waals surface area contributed by atoms with E-state index in [0.717, 1.165) is 23.3 Å². The molecule has 2 aromatic rings. The van der Waals surface area contributed by atoms with Crippen LogP contribution in [0.1, 0.15) is 43.0 Å². The molecule has 0 spiro atoms. The van der Waals surface area contributed by atoms with Gasteiger partial charge in [-0.2, -0.15) is 0 Å². The summed E-state index contributed by atoms with van der Waals surface area (Å²) in [6.07, 6.45) is 4.20. The second-order valence-electron chi connectivity index (χ2n) is 5.00. The summed E-state index contributed by atoms with van der Waals surface area (Å²) in [6, 6.07) is 6.16. The summed E-state index contributed by atoms with van der Waals surface area (Å²) < 4.78 is 0. The van der Waals surface area contributed by atoms with Gasteiger partial charge in [0.1, 0.15) is 5.82 Å². The summed E-state index contributed by atoms with van der Waals surface area (Å²) in [5.74, 6) is 1.01. The molecule has 0 aliphatic heterocycles. The van der Waals surface area contributed by atoms with Gasteiger partial charge in [-0.05, 0) is 43.4 Å². The van der Waals surface area contributed by atoms with Crippen LogP contribution in [-0.4, -0.2) is 21.0 Å². The van der Waals surface area contributed by atoms with Gasteiger partial charge >= 0.3 is 5.97 Å². The van der Waals surface area contributed by atoms with Crippen molar-refractivity contribution in [2.24, 2.45) is 0 Å². The highest BCUT2D eigenvalue weighted by Gasteiger charge is 2.26. The molecule has 1 aliphatic carbocycles. The van der Waals surface area contributed by atoms with Crippen LogP contribution >= 0.6 is 0 Å². The molecule has 1 aromatic carbocycles. The molecule has 3 rings (SSSR count). The number of carboxylic acids is 1. The van der Waals surface area contributed by atoms with Crippen LogP contribution in [0, 0.1) is 0 Å². The minimum Gasteiger partial charge on any atom is -0.481 e. The number of aryl methyl sites for hydroxylation is 1. The van der Waals surface area contributed by atoms with Gasteiger partial charge in [-0.3, -0.25) is 4.79 Å². The van der Waals surface area contributed by atoms with Crippen molar-refractivity contribution in [3.05, 3.63) is 29.6 Å². The fourth-order valence-corrected chi connectivity index (χ4v) is 2.23. The molecular formula is C14H16N2O2. The number of nitrogens with one attached hydrogen (secondary N) is 1. The van der Waals surface area contributed by atoms with Crippen molar-refractivity contribution in [2.45, 2.75) is 38.0 Å². The number of rotatable bonds is 5. The maximum Gasteiger partial charge on any atom is 0.303 e. The molecule has 2 N–H and O–H groups in total. The number of hydrogen-bond acceptors (Lipinski definition) is 2. The second-order valence-corrected chi connectivity index (χ2v) is 5.00. The quantitative estimate of drug-likeness (QED) is 0.849. The Kier molecular flexibility index (Phi) is 2.78. The number of aromatic amines is 1. The van der Waals surface area contributed by atoms with Crippen LogP contribution in [0.4, 0.5) is 0 Å². The predicted molar refractivity (Wildman–Crippen MR) is 68.6 cm³/mol. The van der Waals surface area contributed by atoms with Crippen LogP contribution in [0.5, 0.6) is 0 Å². The third-order valence-corrected chi connectivity index (χ3v) is 3.38. The lowest BCUT2D eigenvalue weighted by molar-refractivity contribution is -0.137. The van der Waals surface area contributed by atoms with E-state index in [2.05, 4.69) is 16.0 Å². The Bertz CT molecular complexity index is 584. The molecule has 0 bridgehead atoms. The minimum absolute atomic E-state index is 0.230. The van der Waals surface area contributed by atoms with Gasteiger partial charge in [-0.25, -0.2) is 4.98 Å². The average Bonchev–Trinajstić information content (AvgIpc) is 3.09. The van der Waals surface area contributed by atoms with Crippen LogP contribution in [0.2, 0.25) is 0 Å². The number of H-pyrrole nitrogens is 1. The van der Waals surface area contributed by atoms with Crippen LogP contribution < -0.4 is 0 Å². The molecule has 0 saturated heterocycles. The normalized spacial score (nSPS) is 15.1. The number of carbonyl (C=O) groups is 1. The molecule has 0 radical (unpaired) electrons. The van der Waals surface area contributed by atoms with E-state index in [1.165, 1.54) is 18.4 Å². The Balaban J connectivity index is 1.75. The molecule has 1 heterocycles. The van der Waals surface area contributed by atoms with E-state index in [1.54, 1.807) is 0 Å². The lowest BCUT2D eigenvalue weighted by Gasteiger charge is -1.99. The molecule has 1 aliphatic rings. The highest BCUT2D eigenvalue weighted by molar-refractivity contribution is 5.76. The van der Waals surface area contributed by atoms with Gasteiger partial charge in [0.05, 0.1) is 11.0 Å². The summed E-state index contributed by atoms with van der Waals surface area (Å²) in [6.45, 7) is 0. The Morgan fingerprint density at radius 3 is 3.00 bits per heavy atom. The molecule has 4 nitrogen and oxygen atoms in total. The number of benzene rings is 1. The van der Waals surface area contributed by atoms with Gasteiger partial charge < -0.3 is 10.1 Å². The summed E-state index contributed by atoms with van der Waals surface area (Å²) in [7, 11) is 0. The summed E-state index contributed by atoms with van der Waals surface area (Å²) in [4.78, 5) is 18.4. The Morgan fingerprint density at radius 2 is 2.28 bits per heavy atom. The lowest BCUT2D eigenvalue weighted by Crippen LogP contribution is -1.95. The Labute approximate surface area is 105 Å². The van der Waals surface area contributed by atoms with Gasteiger partial charge in [0.2, 0.25) is 0 Å². The molecule has 1 saturated carbocycles. The number of nitrogens with zero attached hydrogens (tertiary/aromatic N) is 1. The molecule has 1 aromatic heterocycles. The van der Waals surface area contributed by atoms with Crippen molar-refractivity contribution < 1.29 is 9.90 Å². The summed E-state index contributed by atoms with van der Waals surface area (Å²) in [5.41, 5.74) is 3.26. The third kappa shape index (κ3) is 2.37. The zero-order chi connectivity index (χ0) is 12.5. The van der Waals surface area contributed by atoms with Crippen LogP contribution in [0.25, 0.3) is 11.0 Å². The van der Waals surface area contributed by atoms with Crippen molar-refractivity contribution in [3.63, 3.8) is 0 Å². The van der Waals surface area contributed by atoms with E-state index in [4.69, 9.17) is 5.11 Å². The van der Waals surface area contributed by atoms with E-state index in [-0.39, 0.29) is 6.42 Å². The first-order valence-corrected chi connectivity index (χ1v) is 6.43. The molecule has 18 heavy (non-hydrogen) atoms. The van der Waals surface area contributed by atoms with Crippen LogP contribution in [0.3, 0.4) is 0 Å². The van der Waals surface area contributed by atoms with E-state index in [1.807, 2.05) is 12.1 Å². The fraction of sp³-hybridized carbons (Fsp3) is 0.429. The molecule has 4 heteroatoms. The monoisotopic (exact) mass is 244 g/mol. The number of hydrogen-bond donors (Lipinski definition) is 2. The maximum absolute atomic E-state index is 10.5. The largest absolute Gasteiger partial charge is 0.481 e. The molecule has 1 fully saturated rings. The van der Waals surface area contributed by atoms with Crippen LogP contribution in [0.15, 0.2) is 18.2 Å². The van der Waals surface area contributed by atoms with Crippen molar-refractivity contribution in [2.75, 3.05) is 0 Å². The van der Waals surface area contributed by atoms with Crippen molar-refractivity contribution in [3.8, 4) is 0 Å². The van der Waals surface area contributed by atoms with Crippen molar-refractivity contribution in [1.29, 1.82) is 0 Å². The second kappa shape index (κ2) is 4.44. The SMILES string of the molecule is O=C(O)CCCc1ccc2nc(C3CC3)[nH]c2c1. The lowest BCUT2D eigenvalue weighted by atomic mass is 10.1.